The second-order valence-corrected chi connectivity index (χ2v) is 9.65. The van der Waals surface area contributed by atoms with Gasteiger partial charge >= 0.3 is 0 Å². The quantitative estimate of drug-likeness (QED) is 0.253. The van der Waals surface area contributed by atoms with Gasteiger partial charge in [0.25, 0.3) is 5.69 Å². The number of carbonyl (C=O) groups excluding carboxylic acids is 2. The smallest absolute Gasteiger partial charge is 0.273 e. The fourth-order valence-corrected chi connectivity index (χ4v) is 4.15. The van der Waals surface area contributed by atoms with Gasteiger partial charge in [-0.2, -0.15) is 0 Å². The van der Waals surface area contributed by atoms with Crippen molar-refractivity contribution in [2.45, 2.75) is 51.7 Å². The van der Waals surface area contributed by atoms with Crippen LogP contribution in [-0.2, 0) is 29.0 Å². The minimum Gasteiger partial charge on any atom is -0.352 e. The first-order valence-electron chi connectivity index (χ1n) is 11.9. The van der Waals surface area contributed by atoms with E-state index in [1.807, 2.05) is 68.4 Å². The molecule has 0 bridgehead atoms. The van der Waals surface area contributed by atoms with Crippen molar-refractivity contribution in [1.82, 2.24) is 10.2 Å². The first-order valence-corrected chi connectivity index (χ1v) is 12.7. The SMILES string of the molecule is CC[C@H](C)NC(=O)[C@H](Cc1ccccc1)N(Cc1ccc(Br)cc1)C(=O)Cc1ccccc1[N+](=O)[O-]. The van der Waals surface area contributed by atoms with Crippen LogP contribution < -0.4 is 5.32 Å². The summed E-state index contributed by atoms with van der Waals surface area (Å²) in [5, 5.41) is 14.6. The van der Waals surface area contributed by atoms with Crippen molar-refractivity contribution in [3.8, 4) is 0 Å². The van der Waals surface area contributed by atoms with Crippen LogP contribution in [0.2, 0.25) is 0 Å². The van der Waals surface area contributed by atoms with E-state index in [-0.39, 0.29) is 36.5 Å². The summed E-state index contributed by atoms with van der Waals surface area (Å²) in [4.78, 5) is 39.9. The molecule has 8 heteroatoms. The highest BCUT2D eigenvalue weighted by Gasteiger charge is 2.32. The minimum atomic E-state index is -0.791. The standard InChI is InChI=1S/C28H30BrN3O4/c1-3-20(2)30-28(34)26(17-21-9-5-4-6-10-21)31(19-22-13-15-24(29)16-14-22)27(33)18-23-11-7-8-12-25(23)32(35)36/h4-16,20,26H,3,17-19H2,1-2H3,(H,30,34)/t20-,26-/m0/s1. The predicted octanol–water partition coefficient (Wildman–Crippen LogP) is 5.45. The average molecular weight is 552 g/mol. The zero-order chi connectivity index (χ0) is 26.1. The van der Waals surface area contributed by atoms with Gasteiger partial charge in [-0.25, -0.2) is 0 Å². The lowest BCUT2D eigenvalue weighted by Gasteiger charge is -2.32. The van der Waals surface area contributed by atoms with E-state index in [0.717, 1.165) is 22.0 Å². The van der Waals surface area contributed by atoms with Crippen molar-refractivity contribution in [3.05, 3.63) is 110 Å². The lowest BCUT2D eigenvalue weighted by atomic mass is 10.0. The Bertz CT molecular complexity index is 1180. The van der Waals surface area contributed by atoms with Crippen LogP contribution in [-0.4, -0.2) is 33.7 Å². The number of benzene rings is 3. The van der Waals surface area contributed by atoms with E-state index in [9.17, 15) is 19.7 Å². The summed E-state index contributed by atoms with van der Waals surface area (Å²) in [5.41, 5.74) is 1.97. The van der Waals surface area contributed by atoms with Crippen molar-refractivity contribution >= 4 is 33.4 Å². The van der Waals surface area contributed by atoms with Crippen molar-refractivity contribution in [2.24, 2.45) is 0 Å². The second-order valence-electron chi connectivity index (χ2n) is 8.73. The minimum absolute atomic E-state index is 0.0596. The molecule has 0 aliphatic heterocycles. The maximum atomic E-state index is 13.8. The first-order chi connectivity index (χ1) is 17.3. The first kappa shape index (κ1) is 27.1. The van der Waals surface area contributed by atoms with Crippen LogP contribution in [0.25, 0.3) is 0 Å². The molecular formula is C28H30BrN3O4. The molecule has 0 aromatic heterocycles. The summed E-state index contributed by atoms with van der Waals surface area (Å²) in [6.07, 6.45) is 0.887. The normalized spacial score (nSPS) is 12.4. The van der Waals surface area contributed by atoms with Gasteiger partial charge in [0.05, 0.1) is 11.3 Å². The van der Waals surface area contributed by atoms with Gasteiger partial charge in [-0.05, 0) is 36.6 Å². The largest absolute Gasteiger partial charge is 0.352 e. The number of amides is 2. The molecule has 0 aliphatic carbocycles. The van der Waals surface area contributed by atoms with Crippen LogP contribution in [0.3, 0.4) is 0 Å². The Labute approximate surface area is 219 Å². The Morgan fingerprint density at radius 2 is 1.61 bits per heavy atom. The monoisotopic (exact) mass is 551 g/mol. The van der Waals surface area contributed by atoms with Gasteiger partial charge in [-0.1, -0.05) is 83.5 Å². The third kappa shape index (κ3) is 7.49. The van der Waals surface area contributed by atoms with Gasteiger partial charge in [-0.15, -0.1) is 0 Å². The van der Waals surface area contributed by atoms with E-state index in [2.05, 4.69) is 21.2 Å². The molecule has 0 fully saturated rings. The number of nitro groups is 1. The van der Waals surface area contributed by atoms with Gasteiger partial charge in [0, 0.05) is 35.1 Å². The predicted molar refractivity (Wildman–Crippen MR) is 143 cm³/mol. The van der Waals surface area contributed by atoms with E-state index in [1.54, 1.807) is 23.1 Å². The number of nitrogens with one attached hydrogen (secondary N) is 1. The molecule has 3 aromatic rings. The lowest BCUT2D eigenvalue weighted by molar-refractivity contribution is -0.385. The van der Waals surface area contributed by atoms with Gasteiger partial charge in [-0.3, -0.25) is 19.7 Å². The van der Waals surface area contributed by atoms with Crippen molar-refractivity contribution in [1.29, 1.82) is 0 Å². The fraction of sp³-hybridized carbons (Fsp3) is 0.286. The number of hydrogen-bond acceptors (Lipinski definition) is 4. The van der Waals surface area contributed by atoms with E-state index >= 15 is 0 Å². The molecule has 3 rings (SSSR count). The van der Waals surface area contributed by atoms with Crippen LogP contribution in [0.15, 0.2) is 83.3 Å². The van der Waals surface area contributed by atoms with Crippen LogP contribution in [0.5, 0.6) is 0 Å². The average Bonchev–Trinajstić information content (AvgIpc) is 2.87. The number of para-hydroxylation sites is 1. The Morgan fingerprint density at radius 3 is 2.25 bits per heavy atom. The maximum absolute atomic E-state index is 13.8. The Morgan fingerprint density at radius 1 is 0.972 bits per heavy atom. The van der Waals surface area contributed by atoms with Gasteiger partial charge in [0.15, 0.2) is 0 Å². The van der Waals surface area contributed by atoms with Crippen LogP contribution >= 0.6 is 15.9 Å². The summed E-state index contributed by atoms with van der Waals surface area (Å²) in [7, 11) is 0. The maximum Gasteiger partial charge on any atom is 0.273 e. The van der Waals surface area contributed by atoms with Crippen LogP contribution in [0.4, 0.5) is 5.69 Å². The van der Waals surface area contributed by atoms with Crippen LogP contribution in [0, 0.1) is 10.1 Å². The molecule has 36 heavy (non-hydrogen) atoms. The highest BCUT2D eigenvalue weighted by atomic mass is 79.9. The van der Waals surface area contributed by atoms with Gasteiger partial charge < -0.3 is 10.2 Å². The summed E-state index contributed by atoms with van der Waals surface area (Å²) < 4.78 is 0.902. The molecule has 2 amide bonds. The fourth-order valence-electron chi connectivity index (χ4n) is 3.88. The zero-order valence-corrected chi connectivity index (χ0v) is 22.0. The molecule has 0 heterocycles. The van der Waals surface area contributed by atoms with E-state index in [0.29, 0.717) is 12.0 Å². The van der Waals surface area contributed by atoms with Crippen molar-refractivity contribution < 1.29 is 14.5 Å². The summed E-state index contributed by atoms with van der Waals surface area (Å²) in [5.74, 6) is -0.603. The van der Waals surface area contributed by atoms with E-state index in [1.165, 1.54) is 6.07 Å². The Balaban J connectivity index is 2.01. The highest BCUT2D eigenvalue weighted by Crippen LogP contribution is 2.22. The zero-order valence-electron chi connectivity index (χ0n) is 20.4. The number of nitro benzene ring substituents is 1. The molecule has 3 aromatic carbocycles. The topological polar surface area (TPSA) is 92.6 Å². The van der Waals surface area contributed by atoms with Crippen molar-refractivity contribution in [2.75, 3.05) is 0 Å². The van der Waals surface area contributed by atoms with Crippen LogP contribution in [0.1, 0.15) is 37.0 Å². The van der Waals surface area contributed by atoms with Gasteiger partial charge in [0.2, 0.25) is 11.8 Å². The van der Waals surface area contributed by atoms with E-state index < -0.39 is 11.0 Å². The third-order valence-electron chi connectivity index (χ3n) is 6.07. The molecule has 1 N–H and O–H groups in total. The number of carbonyl (C=O) groups is 2. The summed E-state index contributed by atoms with van der Waals surface area (Å²) in [6, 6.07) is 22.4. The molecule has 2 atom stereocenters. The molecule has 0 spiro atoms. The molecule has 0 aliphatic rings. The third-order valence-corrected chi connectivity index (χ3v) is 6.60. The second kappa shape index (κ2) is 13.0. The number of hydrogen-bond donors (Lipinski definition) is 1. The molecule has 0 unspecified atom stereocenters. The summed E-state index contributed by atoms with van der Waals surface area (Å²) >= 11 is 3.43. The molecule has 7 nitrogen and oxygen atoms in total. The Hall–Kier alpha value is -3.52. The molecule has 0 saturated carbocycles. The van der Waals surface area contributed by atoms with Gasteiger partial charge in [0.1, 0.15) is 6.04 Å². The molecule has 188 valence electrons. The number of halogens is 1. The molecule has 0 saturated heterocycles. The highest BCUT2D eigenvalue weighted by molar-refractivity contribution is 9.10. The summed E-state index contributed by atoms with van der Waals surface area (Å²) in [6.45, 7) is 4.10. The van der Waals surface area contributed by atoms with E-state index in [4.69, 9.17) is 0 Å². The number of nitrogens with zero attached hydrogens (tertiary/aromatic N) is 2. The lowest BCUT2D eigenvalue weighted by Crippen LogP contribution is -2.52. The Kier molecular flexibility index (Phi) is 9.76. The molecule has 0 radical (unpaired) electrons. The molecular weight excluding hydrogens is 522 g/mol. The van der Waals surface area contributed by atoms with Crippen molar-refractivity contribution in [3.63, 3.8) is 0 Å². The number of rotatable bonds is 11.